The number of anilines is 1. The smallest absolute Gasteiger partial charge is 0.269 e. The van der Waals surface area contributed by atoms with Gasteiger partial charge in [0.2, 0.25) is 5.91 Å². The quantitative estimate of drug-likeness (QED) is 0.406. The molecule has 0 aliphatic rings. The van der Waals surface area contributed by atoms with Gasteiger partial charge in [0, 0.05) is 30.2 Å². The molecule has 26 heavy (non-hydrogen) atoms. The molecule has 0 unspecified atom stereocenters. The van der Waals surface area contributed by atoms with Crippen LogP contribution >= 0.6 is 11.8 Å². The van der Waals surface area contributed by atoms with Gasteiger partial charge < -0.3 is 5.32 Å². The van der Waals surface area contributed by atoms with Crippen molar-refractivity contribution < 1.29 is 9.72 Å². The van der Waals surface area contributed by atoms with Gasteiger partial charge in [-0.3, -0.25) is 19.5 Å². The van der Waals surface area contributed by atoms with Crippen molar-refractivity contribution in [1.82, 2.24) is 9.55 Å². The Labute approximate surface area is 154 Å². The highest BCUT2D eigenvalue weighted by Gasteiger charge is 2.11. The number of nitrogens with one attached hydrogen (secondary N) is 1. The van der Waals surface area contributed by atoms with Crippen molar-refractivity contribution in [2.75, 3.05) is 11.1 Å². The fraction of sp³-hybridized carbons (Fsp3) is 0.111. The molecule has 1 amide bonds. The number of hydrogen-bond acceptors (Lipinski definition) is 5. The molecule has 1 heterocycles. The Morgan fingerprint density at radius 3 is 2.65 bits per heavy atom. The number of nitro benzene ring substituents is 1. The molecule has 132 valence electrons. The van der Waals surface area contributed by atoms with Gasteiger partial charge in [0.05, 0.1) is 16.4 Å². The van der Waals surface area contributed by atoms with Crippen molar-refractivity contribution in [2.24, 2.45) is 0 Å². The van der Waals surface area contributed by atoms with Gasteiger partial charge in [-0.05, 0) is 30.7 Å². The number of aromatic nitrogens is 2. The molecule has 0 saturated heterocycles. The van der Waals surface area contributed by atoms with E-state index in [1.54, 1.807) is 6.20 Å². The molecular weight excluding hydrogens is 352 g/mol. The summed E-state index contributed by atoms with van der Waals surface area (Å²) in [7, 11) is 0. The Balaban J connectivity index is 1.63. The lowest BCUT2D eigenvalue weighted by atomic mass is 10.2. The molecule has 1 N–H and O–H groups in total. The average Bonchev–Trinajstić information content (AvgIpc) is 3.09. The molecule has 0 atom stereocenters. The van der Waals surface area contributed by atoms with Crippen molar-refractivity contribution in [3.05, 3.63) is 76.6 Å². The van der Waals surface area contributed by atoms with Crippen LogP contribution in [0.5, 0.6) is 0 Å². The number of hydrogen-bond donors (Lipinski definition) is 1. The summed E-state index contributed by atoms with van der Waals surface area (Å²) in [6.07, 6.45) is 3.56. The van der Waals surface area contributed by atoms with Gasteiger partial charge in [-0.2, -0.15) is 0 Å². The summed E-state index contributed by atoms with van der Waals surface area (Å²) in [6, 6.07) is 13.7. The highest BCUT2D eigenvalue weighted by atomic mass is 32.2. The van der Waals surface area contributed by atoms with Gasteiger partial charge in [0.15, 0.2) is 5.16 Å². The Bertz CT molecular complexity index is 938. The molecule has 0 bridgehead atoms. The zero-order valence-corrected chi connectivity index (χ0v) is 14.8. The van der Waals surface area contributed by atoms with Gasteiger partial charge in [0.25, 0.3) is 5.69 Å². The van der Waals surface area contributed by atoms with E-state index in [-0.39, 0.29) is 17.3 Å². The van der Waals surface area contributed by atoms with Crippen molar-refractivity contribution in [3.63, 3.8) is 0 Å². The summed E-state index contributed by atoms with van der Waals surface area (Å²) in [6.45, 7) is 2.02. The van der Waals surface area contributed by atoms with Crippen LogP contribution in [-0.4, -0.2) is 26.1 Å². The number of nitro groups is 1. The maximum Gasteiger partial charge on any atom is 0.269 e. The van der Waals surface area contributed by atoms with Crippen LogP contribution in [0.3, 0.4) is 0 Å². The number of aryl methyl sites for hydroxylation is 1. The molecule has 0 spiro atoms. The minimum atomic E-state index is -0.479. The molecule has 2 aromatic carbocycles. The first-order valence-electron chi connectivity index (χ1n) is 7.81. The van der Waals surface area contributed by atoms with Crippen molar-refractivity contribution in [2.45, 2.75) is 12.1 Å². The van der Waals surface area contributed by atoms with Crippen LogP contribution in [-0.2, 0) is 4.79 Å². The summed E-state index contributed by atoms with van der Waals surface area (Å²) < 4.78 is 1.94. The number of imidazole rings is 1. The van der Waals surface area contributed by atoms with E-state index in [9.17, 15) is 14.9 Å². The minimum Gasteiger partial charge on any atom is -0.325 e. The van der Waals surface area contributed by atoms with Crippen molar-refractivity contribution >= 4 is 29.0 Å². The second kappa shape index (κ2) is 7.83. The normalized spacial score (nSPS) is 10.5. The number of para-hydroxylation sites is 1. The summed E-state index contributed by atoms with van der Waals surface area (Å²) in [4.78, 5) is 26.6. The number of benzene rings is 2. The second-order valence-electron chi connectivity index (χ2n) is 5.51. The van der Waals surface area contributed by atoms with Gasteiger partial charge in [0.1, 0.15) is 0 Å². The fourth-order valence-electron chi connectivity index (χ4n) is 2.41. The second-order valence-corrected chi connectivity index (χ2v) is 6.45. The minimum absolute atomic E-state index is 0.0161. The van der Waals surface area contributed by atoms with Crippen molar-refractivity contribution in [1.29, 1.82) is 0 Å². The summed E-state index contributed by atoms with van der Waals surface area (Å²) in [5, 5.41) is 14.1. The molecule has 7 nitrogen and oxygen atoms in total. The largest absolute Gasteiger partial charge is 0.325 e. The van der Waals surface area contributed by atoms with E-state index in [1.807, 2.05) is 42.0 Å². The first-order valence-corrected chi connectivity index (χ1v) is 8.79. The Kier molecular flexibility index (Phi) is 5.33. The molecule has 0 saturated carbocycles. The van der Waals surface area contributed by atoms with E-state index in [4.69, 9.17) is 0 Å². The van der Waals surface area contributed by atoms with Crippen LogP contribution < -0.4 is 5.32 Å². The van der Waals surface area contributed by atoms with E-state index >= 15 is 0 Å². The van der Waals surface area contributed by atoms with Crippen LogP contribution in [0.15, 0.2) is 66.1 Å². The van der Waals surface area contributed by atoms with Crippen LogP contribution in [0.25, 0.3) is 5.69 Å². The Morgan fingerprint density at radius 2 is 1.96 bits per heavy atom. The van der Waals surface area contributed by atoms with Gasteiger partial charge >= 0.3 is 0 Å². The van der Waals surface area contributed by atoms with E-state index < -0.39 is 4.92 Å². The predicted molar refractivity (Wildman–Crippen MR) is 101 cm³/mol. The molecule has 0 aliphatic heterocycles. The third-order valence-corrected chi connectivity index (χ3v) is 4.64. The first kappa shape index (κ1) is 17.7. The van der Waals surface area contributed by atoms with Gasteiger partial charge in [-0.15, -0.1) is 0 Å². The SMILES string of the molecule is Cc1ccccc1-n1ccnc1SCC(=O)Nc1ccc([N+](=O)[O-])cc1. The van der Waals surface area contributed by atoms with Crippen LogP contribution in [0, 0.1) is 17.0 Å². The number of thioether (sulfide) groups is 1. The number of carbonyl (C=O) groups excluding carboxylic acids is 1. The van der Waals surface area contributed by atoms with Crippen LogP contribution in [0.4, 0.5) is 11.4 Å². The fourth-order valence-corrected chi connectivity index (χ4v) is 3.17. The van der Waals surface area contributed by atoms with Crippen LogP contribution in [0.2, 0.25) is 0 Å². The van der Waals surface area contributed by atoms with Gasteiger partial charge in [-0.25, -0.2) is 4.98 Å². The number of nitrogens with zero attached hydrogens (tertiary/aromatic N) is 3. The molecular formula is C18H16N4O3S. The van der Waals surface area contributed by atoms with Crippen molar-refractivity contribution in [3.8, 4) is 5.69 Å². The highest BCUT2D eigenvalue weighted by molar-refractivity contribution is 7.99. The highest BCUT2D eigenvalue weighted by Crippen LogP contribution is 2.23. The standard InChI is InChI=1S/C18H16N4O3S/c1-13-4-2-3-5-16(13)21-11-10-19-18(21)26-12-17(23)20-14-6-8-15(9-7-14)22(24)25/h2-11H,12H2,1H3,(H,20,23). The number of rotatable bonds is 6. The number of non-ortho nitro benzene ring substituents is 1. The predicted octanol–water partition coefficient (Wildman–Crippen LogP) is 3.82. The van der Waals surface area contributed by atoms with E-state index in [1.165, 1.54) is 36.0 Å². The zero-order valence-electron chi connectivity index (χ0n) is 14.0. The summed E-state index contributed by atoms with van der Waals surface area (Å²) in [5.74, 6) is -0.0249. The number of carbonyl (C=O) groups is 1. The summed E-state index contributed by atoms with van der Waals surface area (Å²) in [5.41, 5.74) is 2.63. The topological polar surface area (TPSA) is 90.1 Å². The molecule has 8 heteroatoms. The molecule has 0 fully saturated rings. The third-order valence-electron chi connectivity index (χ3n) is 3.68. The van der Waals surface area contributed by atoms with E-state index in [0.29, 0.717) is 5.69 Å². The van der Waals surface area contributed by atoms with Crippen LogP contribution in [0.1, 0.15) is 5.56 Å². The maximum absolute atomic E-state index is 12.1. The average molecular weight is 368 g/mol. The van der Waals surface area contributed by atoms with Gasteiger partial charge in [-0.1, -0.05) is 30.0 Å². The Hall–Kier alpha value is -3.13. The van der Waals surface area contributed by atoms with E-state index in [2.05, 4.69) is 10.3 Å². The first-order chi connectivity index (χ1) is 12.5. The Morgan fingerprint density at radius 1 is 1.23 bits per heavy atom. The molecule has 3 rings (SSSR count). The lowest BCUT2D eigenvalue weighted by molar-refractivity contribution is -0.384. The molecule has 0 aliphatic carbocycles. The lowest BCUT2D eigenvalue weighted by Crippen LogP contribution is -2.14. The molecule has 0 radical (unpaired) electrons. The zero-order chi connectivity index (χ0) is 18.5. The molecule has 3 aromatic rings. The third kappa shape index (κ3) is 4.09. The molecule has 1 aromatic heterocycles. The van der Waals surface area contributed by atoms with E-state index in [0.717, 1.165) is 16.4 Å². The lowest BCUT2D eigenvalue weighted by Gasteiger charge is -2.10. The monoisotopic (exact) mass is 368 g/mol. The summed E-state index contributed by atoms with van der Waals surface area (Å²) >= 11 is 1.32. The maximum atomic E-state index is 12.1. The number of amides is 1.